The molecule has 4 aromatic rings. The monoisotopic (exact) mass is 335 g/mol. The molecular weight excluding hydrogens is 322 g/mol. The lowest BCUT2D eigenvalue weighted by Gasteiger charge is -2.14. The minimum Gasteiger partial charge on any atom is -0.444 e. The first kappa shape index (κ1) is 15.0. The molecule has 0 saturated carbocycles. The fourth-order valence-electron chi connectivity index (χ4n) is 2.43. The van der Waals surface area contributed by atoms with E-state index in [0.717, 1.165) is 5.56 Å². The van der Waals surface area contributed by atoms with Gasteiger partial charge in [-0.25, -0.2) is 4.79 Å². The Labute approximate surface area is 142 Å². The van der Waals surface area contributed by atoms with E-state index in [-0.39, 0.29) is 5.89 Å². The minimum atomic E-state index is -0.786. The van der Waals surface area contributed by atoms with Crippen molar-refractivity contribution in [3.05, 3.63) is 77.8 Å². The van der Waals surface area contributed by atoms with Crippen LogP contribution in [0.4, 0.5) is 0 Å². The molecule has 3 aromatic heterocycles. The van der Waals surface area contributed by atoms with Crippen LogP contribution in [0.1, 0.15) is 33.7 Å². The van der Waals surface area contributed by atoms with Gasteiger partial charge in [0.2, 0.25) is 6.10 Å². The van der Waals surface area contributed by atoms with Crippen molar-refractivity contribution < 1.29 is 14.1 Å². The first-order valence-electron chi connectivity index (χ1n) is 7.56. The number of benzene rings is 1. The molecule has 8 heteroatoms. The zero-order valence-electron chi connectivity index (χ0n) is 13.2. The highest BCUT2D eigenvalue weighted by Crippen LogP contribution is 2.26. The Bertz CT molecular complexity index is 1020. The highest BCUT2D eigenvalue weighted by molar-refractivity contribution is 5.89. The highest BCUT2D eigenvalue weighted by atomic mass is 16.6. The molecule has 1 unspecified atom stereocenters. The summed E-state index contributed by atoms with van der Waals surface area (Å²) >= 11 is 0. The van der Waals surface area contributed by atoms with Crippen molar-refractivity contribution in [1.82, 2.24) is 24.7 Å². The molecule has 0 aliphatic heterocycles. The summed E-state index contributed by atoms with van der Waals surface area (Å²) in [6.45, 7) is 1.71. The Balaban J connectivity index is 1.66. The number of hydrogen-bond donors (Lipinski definition) is 0. The number of fused-ring (bicyclic) bond motifs is 1. The molecule has 0 aliphatic carbocycles. The number of esters is 1. The summed E-state index contributed by atoms with van der Waals surface area (Å²) in [5.74, 6) is 0.181. The molecule has 25 heavy (non-hydrogen) atoms. The Morgan fingerprint density at radius 1 is 1.20 bits per heavy atom. The molecule has 4 rings (SSSR count). The molecule has 3 heterocycles. The lowest BCUT2D eigenvalue weighted by molar-refractivity contribution is 0.0314. The lowest BCUT2D eigenvalue weighted by Crippen LogP contribution is -2.14. The molecule has 0 spiro atoms. The molecule has 124 valence electrons. The van der Waals surface area contributed by atoms with E-state index in [1.54, 1.807) is 29.7 Å². The summed E-state index contributed by atoms with van der Waals surface area (Å²) < 4.78 is 12.5. The van der Waals surface area contributed by atoms with Gasteiger partial charge in [-0.3, -0.25) is 4.40 Å². The molecular formula is C17H13N5O3. The van der Waals surface area contributed by atoms with Gasteiger partial charge >= 0.3 is 5.97 Å². The van der Waals surface area contributed by atoms with Crippen LogP contribution in [0, 0.1) is 6.92 Å². The molecule has 0 bridgehead atoms. The number of rotatable bonds is 4. The van der Waals surface area contributed by atoms with Crippen molar-refractivity contribution in [3.63, 3.8) is 0 Å². The highest BCUT2D eigenvalue weighted by Gasteiger charge is 2.25. The van der Waals surface area contributed by atoms with Gasteiger partial charge in [0.25, 0.3) is 5.89 Å². The first-order chi connectivity index (χ1) is 12.2. The number of aryl methyl sites for hydroxylation is 1. The van der Waals surface area contributed by atoms with E-state index in [2.05, 4.69) is 20.3 Å². The molecule has 1 atom stereocenters. The van der Waals surface area contributed by atoms with E-state index in [9.17, 15) is 4.79 Å². The maximum atomic E-state index is 12.6. The maximum absolute atomic E-state index is 12.6. The van der Waals surface area contributed by atoms with Crippen LogP contribution in [0.15, 0.2) is 59.5 Å². The number of carbonyl (C=O) groups is 1. The molecule has 1 aromatic carbocycles. The third-order valence-corrected chi connectivity index (χ3v) is 3.62. The third kappa shape index (κ3) is 2.97. The molecule has 0 fully saturated rings. The zero-order valence-corrected chi connectivity index (χ0v) is 13.2. The second-order valence-corrected chi connectivity index (χ2v) is 5.39. The van der Waals surface area contributed by atoms with E-state index in [1.165, 1.54) is 6.33 Å². The fourth-order valence-corrected chi connectivity index (χ4v) is 2.43. The van der Waals surface area contributed by atoms with Crippen molar-refractivity contribution >= 4 is 11.6 Å². The van der Waals surface area contributed by atoms with Crippen molar-refractivity contribution in [2.24, 2.45) is 0 Å². The van der Waals surface area contributed by atoms with E-state index in [0.29, 0.717) is 17.0 Å². The summed E-state index contributed by atoms with van der Waals surface area (Å²) in [5.41, 5.74) is 1.75. The van der Waals surface area contributed by atoms with Gasteiger partial charge in [0.15, 0.2) is 11.5 Å². The largest absolute Gasteiger partial charge is 0.444 e. The van der Waals surface area contributed by atoms with Gasteiger partial charge in [-0.15, -0.1) is 10.2 Å². The summed E-state index contributed by atoms with van der Waals surface area (Å²) in [6, 6.07) is 12.6. The molecule has 0 N–H and O–H groups in total. The Morgan fingerprint density at radius 3 is 2.80 bits per heavy atom. The summed E-state index contributed by atoms with van der Waals surface area (Å²) in [5, 5.41) is 11.5. The predicted octanol–water partition coefficient (Wildman–Crippen LogP) is 2.37. The predicted molar refractivity (Wildman–Crippen MR) is 85.7 cm³/mol. The maximum Gasteiger partial charge on any atom is 0.340 e. The van der Waals surface area contributed by atoms with Crippen molar-refractivity contribution in [2.45, 2.75) is 13.0 Å². The number of ether oxygens (including phenoxy) is 1. The van der Waals surface area contributed by atoms with E-state index < -0.39 is 12.1 Å². The smallest absolute Gasteiger partial charge is 0.340 e. The van der Waals surface area contributed by atoms with E-state index in [4.69, 9.17) is 9.26 Å². The fraction of sp³-hybridized carbons (Fsp3) is 0.118. The van der Waals surface area contributed by atoms with Crippen LogP contribution in [0.3, 0.4) is 0 Å². The second-order valence-electron chi connectivity index (χ2n) is 5.39. The lowest BCUT2D eigenvalue weighted by atomic mass is 10.1. The number of hydrogen-bond acceptors (Lipinski definition) is 7. The van der Waals surface area contributed by atoms with Crippen LogP contribution in [-0.2, 0) is 4.74 Å². The van der Waals surface area contributed by atoms with Crippen molar-refractivity contribution in [2.75, 3.05) is 0 Å². The van der Waals surface area contributed by atoms with Crippen molar-refractivity contribution in [1.29, 1.82) is 0 Å². The van der Waals surface area contributed by atoms with Crippen LogP contribution in [0.25, 0.3) is 5.65 Å². The van der Waals surface area contributed by atoms with Gasteiger partial charge in [-0.1, -0.05) is 35.5 Å². The number of nitrogens with zero attached hydrogens (tertiary/aromatic N) is 5. The number of aromatic nitrogens is 5. The molecule has 0 amide bonds. The Kier molecular flexibility index (Phi) is 3.70. The summed E-state index contributed by atoms with van der Waals surface area (Å²) in [4.78, 5) is 16.8. The van der Waals surface area contributed by atoms with Crippen LogP contribution < -0.4 is 0 Å². The molecule has 0 saturated heterocycles. The quantitative estimate of drug-likeness (QED) is 0.528. The first-order valence-corrected chi connectivity index (χ1v) is 7.56. The Morgan fingerprint density at radius 2 is 2.04 bits per heavy atom. The van der Waals surface area contributed by atoms with Gasteiger partial charge in [0.05, 0.1) is 5.56 Å². The van der Waals surface area contributed by atoms with Crippen molar-refractivity contribution in [3.8, 4) is 0 Å². The topological polar surface area (TPSA) is 95.4 Å². The van der Waals surface area contributed by atoms with Crippen LogP contribution >= 0.6 is 0 Å². The van der Waals surface area contributed by atoms with Gasteiger partial charge in [-0.05, 0) is 19.1 Å². The van der Waals surface area contributed by atoms with Crippen LogP contribution in [0.5, 0.6) is 0 Å². The SMILES string of the molecule is Cc1noc(C(OC(=O)c2ccc3nncn3c2)c2ccccc2)n1. The van der Waals surface area contributed by atoms with E-state index >= 15 is 0 Å². The zero-order chi connectivity index (χ0) is 17.2. The number of pyridine rings is 1. The minimum absolute atomic E-state index is 0.224. The van der Waals surface area contributed by atoms with Gasteiger partial charge in [0.1, 0.15) is 6.33 Å². The third-order valence-electron chi connectivity index (χ3n) is 3.62. The summed E-state index contributed by atoms with van der Waals surface area (Å²) in [7, 11) is 0. The van der Waals surface area contributed by atoms with Crippen LogP contribution in [-0.4, -0.2) is 30.7 Å². The average molecular weight is 335 g/mol. The van der Waals surface area contributed by atoms with E-state index in [1.807, 2.05) is 30.3 Å². The van der Waals surface area contributed by atoms with Gasteiger partial charge in [-0.2, -0.15) is 4.98 Å². The summed E-state index contributed by atoms with van der Waals surface area (Å²) in [6.07, 6.45) is 2.34. The van der Waals surface area contributed by atoms with Gasteiger partial charge < -0.3 is 9.26 Å². The molecule has 0 radical (unpaired) electrons. The number of carbonyl (C=O) groups excluding carboxylic acids is 1. The van der Waals surface area contributed by atoms with Crippen LogP contribution in [0.2, 0.25) is 0 Å². The molecule has 0 aliphatic rings. The molecule has 8 nitrogen and oxygen atoms in total. The normalized spacial score (nSPS) is 12.2. The average Bonchev–Trinajstić information content (AvgIpc) is 3.28. The van der Waals surface area contributed by atoms with Gasteiger partial charge in [0, 0.05) is 11.8 Å². The standard InChI is InChI=1S/C17H13N5O3/c1-11-19-16(25-21-11)15(12-5-3-2-4-6-12)24-17(23)13-7-8-14-20-18-10-22(14)9-13/h2-10,15H,1H3. The Hall–Kier alpha value is -3.55. The second kappa shape index (κ2) is 6.16.